The summed E-state index contributed by atoms with van der Waals surface area (Å²) < 4.78 is 5.46. The fraction of sp³-hybridized carbons (Fsp3) is 0.579. The molecule has 1 fully saturated rings. The van der Waals surface area contributed by atoms with Crippen LogP contribution >= 0.6 is 0 Å². The van der Waals surface area contributed by atoms with Gasteiger partial charge in [-0.1, -0.05) is 12.1 Å². The summed E-state index contributed by atoms with van der Waals surface area (Å²) in [5, 5.41) is 5.65. The summed E-state index contributed by atoms with van der Waals surface area (Å²) >= 11 is 0. The van der Waals surface area contributed by atoms with Crippen LogP contribution < -0.4 is 15.5 Å². The van der Waals surface area contributed by atoms with E-state index in [9.17, 15) is 9.59 Å². The summed E-state index contributed by atoms with van der Waals surface area (Å²) in [7, 11) is 4.04. The van der Waals surface area contributed by atoms with E-state index in [2.05, 4.69) is 44.7 Å². The minimum atomic E-state index is -0.120. The molecule has 1 aromatic carbocycles. The van der Waals surface area contributed by atoms with Crippen molar-refractivity contribution in [1.82, 2.24) is 15.5 Å². The van der Waals surface area contributed by atoms with Gasteiger partial charge in [-0.3, -0.25) is 14.5 Å². The van der Waals surface area contributed by atoms with Gasteiger partial charge in [0, 0.05) is 59.3 Å². The quantitative estimate of drug-likeness (QED) is 0.715. The smallest absolute Gasteiger partial charge is 0.221 e. The second-order valence-electron chi connectivity index (χ2n) is 6.69. The number of carbonyl (C=O) groups is 2. The number of nitrogens with zero attached hydrogens (tertiary/aromatic N) is 2. The molecule has 26 heavy (non-hydrogen) atoms. The number of carbonyl (C=O) groups excluding carboxylic acids is 2. The Morgan fingerprint density at radius 2 is 1.81 bits per heavy atom. The highest BCUT2D eigenvalue weighted by Crippen LogP contribution is 2.23. The van der Waals surface area contributed by atoms with E-state index in [0.717, 1.165) is 18.8 Å². The third kappa shape index (κ3) is 6.31. The first-order valence-electron chi connectivity index (χ1n) is 9.07. The maximum Gasteiger partial charge on any atom is 0.221 e. The molecule has 2 rings (SSSR count). The van der Waals surface area contributed by atoms with Gasteiger partial charge in [0.05, 0.1) is 19.3 Å². The molecule has 2 N–H and O–H groups in total. The molecule has 1 unspecified atom stereocenters. The fourth-order valence-corrected chi connectivity index (χ4v) is 2.99. The van der Waals surface area contributed by atoms with E-state index < -0.39 is 0 Å². The van der Waals surface area contributed by atoms with Crippen LogP contribution in [0.25, 0.3) is 0 Å². The van der Waals surface area contributed by atoms with Gasteiger partial charge in [0.2, 0.25) is 11.8 Å². The molecule has 1 heterocycles. The zero-order valence-electron chi connectivity index (χ0n) is 16.0. The standard InChI is InChI=1S/C19H30N4O3/c1-15(24)20-9-8-19(25)21-14-18(23-10-12-26-13-11-23)16-4-6-17(7-5-16)22(2)3/h4-7,18H,8-14H2,1-3H3,(H,20,24)(H,21,25). The van der Waals surface area contributed by atoms with Crippen LogP contribution in [0.15, 0.2) is 24.3 Å². The predicted octanol–water partition coefficient (Wildman–Crippen LogP) is 0.768. The molecule has 1 aliphatic rings. The van der Waals surface area contributed by atoms with Crippen LogP contribution in [0, 0.1) is 0 Å². The van der Waals surface area contributed by atoms with Crippen molar-refractivity contribution < 1.29 is 14.3 Å². The number of benzene rings is 1. The van der Waals surface area contributed by atoms with Gasteiger partial charge in [-0.25, -0.2) is 0 Å². The van der Waals surface area contributed by atoms with Gasteiger partial charge < -0.3 is 20.3 Å². The topological polar surface area (TPSA) is 73.9 Å². The van der Waals surface area contributed by atoms with Crippen molar-refractivity contribution in [3.05, 3.63) is 29.8 Å². The monoisotopic (exact) mass is 362 g/mol. The maximum atomic E-state index is 12.1. The van der Waals surface area contributed by atoms with Gasteiger partial charge in [0.15, 0.2) is 0 Å². The number of hydrogen-bond acceptors (Lipinski definition) is 5. The Bertz CT molecular complexity index is 583. The lowest BCUT2D eigenvalue weighted by Crippen LogP contribution is -2.44. The van der Waals surface area contributed by atoms with E-state index in [1.54, 1.807) is 0 Å². The first-order valence-corrected chi connectivity index (χ1v) is 9.07. The molecule has 0 saturated carbocycles. The van der Waals surface area contributed by atoms with Crippen LogP contribution in [0.2, 0.25) is 0 Å². The van der Waals surface area contributed by atoms with E-state index in [-0.39, 0.29) is 24.3 Å². The first kappa shape index (κ1) is 20.2. The molecule has 0 aromatic heterocycles. The highest BCUT2D eigenvalue weighted by Gasteiger charge is 2.23. The molecule has 0 radical (unpaired) electrons. The molecule has 0 spiro atoms. The van der Waals surface area contributed by atoms with Crippen LogP contribution in [0.4, 0.5) is 5.69 Å². The average molecular weight is 362 g/mol. The van der Waals surface area contributed by atoms with Crippen molar-refractivity contribution in [2.45, 2.75) is 19.4 Å². The van der Waals surface area contributed by atoms with Crippen molar-refractivity contribution in [1.29, 1.82) is 0 Å². The third-order valence-electron chi connectivity index (χ3n) is 4.50. The number of nitrogens with one attached hydrogen (secondary N) is 2. The SMILES string of the molecule is CC(=O)NCCC(=O)NCC(c1ccc(N(C)C)cc1)N1CCOCC1. The van der Waals surface area contributed by atoms with Crippen LogP contribution in [0.5, 0.6) is 0 Å². The fourth-order valence-electron chi connectivity index (χ4n) is 2.99. The molecule has 144 valence electrons. The van der Waals surface area contributed by atoms with Gasteiger partial charge in [-0.15, -0.1) is 0 Å². The Balaban J connectivity index is 1.99. The Hall–Kier alpha value is -2.12. The van der Waals surface area contributed by atoms with Gasteiger partial charge >= 0.3 is 0 Å². The number of anilines is 1. The summed E-state index contributed by atoms with van der Waals surface area (Å²) in [6.07, 6.45) is 0.287. The zero-order valence-corrected chi connectivity index (χ0v) is 16.0. The van der Waals surface area contributed by atoms with Crippen LogP contribution in [-0.4, -0.2) is 70.2 Å². The predicted molar refractivity (Wildman–Crippen MR) is 102 cm³/mol. The number of rotatable bonds is 8. The molecular weight excluding hydrogens is 332 g/mol. The number of ether oxygens (including phenoxy) is 1. The van der Waals surface area contributed by atoms with Gasteiger partial charge in [0.25, 0.3) is 0 Å². The number of morpholine rings is 1. The summed E-state index contributed by atoms with van der Waals surface area (Å²) in [5.41, 5.74) is 2.33. The maximum absolute atomic E-state index is 12.1. The summed E-state index contributed by atoms with van der Waals surface area (Å²) in [6, 6.07) is 8.56. The van der Waals surface area contributed by atoms with Gasteiger partial charge in [-0.2, -0.15) is 0 Å². The van der Waals surface area contributed by atoms with Gasteiger partial charge in [0.1, 0.15) is 0 Å². The lowest BCUT2D eigenvalue weighted by atomic mass is 10.0. The average Bonchev–Trinajstić information content (AvgIpc) is 2.63. The normalized spacial score (nSPS) is 16.0. The number of amides is 2. The van der Waals surface area contributed by atoms with Crippen molar-refractivity contribution >= 4 is 17.5 Å². The van der Waals surface area contributed by atoms with E-state index >= 15 is 0 Å². The number of hydrogen-bond donors (Lipinski definition) is 2. The second-order valence-corrected chi connectivity index (χ2v) is 6.69. The van der Waals surface area contributed by atoms with Crippen molar-refractivity contribution in [2.24, 2.45) is 0 Å². The molecule has 1 atom stereocenters. The minimum Gasteiger partial charge on any atom is -0.379 e. The Labute approximate surface area is 155 Å². The molecular formula is C19H30N4O3. The first-order chi connectivity index (χ1) is 12.5. The lowest BCUT2D eigenvalue weighted by molar-refractivity contribution is -0.121. The Kier molecular flexibility index (Phi) is 7.87. The molecule has 1 saturated heterocycles. The van der Waals surface area contributed by atoms with Crippen molar-refractivity contribution in [3.63, 3.8) is 0 Å². The van der Waals surface area contributed by atoms with Crippen LogP contribution in [-0.2, 0) is 14.3 Å². The van der Waals surface area contributed by atoms with Gasteiger partial charge in [-0.05, 0) is 17.7 Å². The highest BCUT2D eigenvalue weighted by molar-refractivity contribution is 5.77. The van der Waals surface area contributed by atoms with Crippen LogP contribution in [0.1, 0.15) is 24.9 Å². The van der Waals surface area contributed by atoms with E-state index in [0.29, 0.717) is 26.3 Å². The zero-order chi connectivity index (χ0) is 18.9. The molecule has 0 aliphatic carbocycles. The van der Waals surface area contributed by atoms with Crippen molar-refractivity contribution in [2.75, 3.05) is 58.4 Å². The largest absolute Gasteiger partial charge is 0.379 e. The second kappa shape index (κ2) is 10.1. The molecule has 0 bridgehead atoms. The highest BCUT2D eigenvalue weighted by atomic mass is 16.5. The Morgan fingerprint density at radius 1 is 1.15 bits per heavy atom. The van der Waals surface area contributed by atoms with E-state index in [1.807, 2.05) is 14.1 Å². The summed E-state index contributed by atoms with van der Waals surface area (Å²) in [6.45, 7) is 5.47. The van der Waals surface area contributed by atoms with E-state index in [4.69, 9.17) is 4.74 Å². The molecule has 2 amide bonds. The Morgan fingerprint density at radius 3 is 2.38 bits per heavy atom. The third-order valence-corrected chi connectivity index (χ3v) is 4.50. The molecule has 1 aromatic rings. The summed E-state index contributed by atoms with van der Waals surface area (Å²) in [4.78, 5) is 27.4. The molecule has 7 nitrogen and oxygen atoms in total. The van der Waals surface area contributed by atoms with E-state index in [1.165, 1.54) is 12.5 Å². The van der Waals surface area contributed by atoms with Crippen LogP contribution in [0.3, 0.4) is 0 Å². The van der Waals surface area contributed by atoms with Crippen molar-refractivity contribution in [3.8, 4) is 0 Å². The molecule has 7 heteroatoms. The lowest BCUT2D eigenvalue weighted by Gasteiger charge is -2.35. The summed E-state index contributed by atoms with van der Waals surface area (Å²) in [5.74, 6) is -0.174. The minimum absolute atomic E-state index is 0.0538. The molecule has 1 aliphatic heterocycles.